The van der Waals surface area contributed by atoms with Gasteiger partial charge >= 0.3 is 5.97 Å². The minimum Gasteiger partial charge on any atom is -0.461 e. The summed E-state index contributed by atoms with van der Waals surface area (Å²) in [5.41, 5.74) is 0.0941. The van der Waals surface area contributed by atoms with Crippen molar-refractivity contribution in [3.8, 4) is 5.69 Å². The first-order valence-corrected chi connectivity index (χ1v) is 6.62. The number of esters is 1. The van der Waals surface area contributed by atoms with Crippen LogP contribution in [0.5, 0.6) is 0 Å². The van der Waals surface area contributed by atoms with E-state index in [2.05, 4.69) is 5.10 Å². The molecule has 0 aliphatic rings. The molecule has 0 amide bonds. The zero-order valence-electron chi connectivity index (χ0n) is 11.8. The van der Waals surface area contributed by atoms with Crippen LogP contribution in [0.15, 0.2) is 35.3 Å². The summed E-state index contributed by atoms with van der Waals surface area (Å²) in [5, 5.41) is 3.97. The van der Waals surface area contributed by atoms with Crippen LogP contribution in [0.2, 0.25) is 0 Å². The molecule has 6 heteroatoms. The van der Waals surface area contributed by atoms with E-state index in [1.807, 2.05) is 0 Å². The molecule has 0 bridgehead atoms. The summed E-state index contributed by atoms with van der Waals surface area (Å²) in [6, 6.07) is 5.74. The number of benzene rings is 1. The number of rotatable bonds is 4. The molecule has 2 rings (SSSR count). The highest BCUT2D eigenvalue weighted by atomic mass is 19.1. The van der Waals surface area contributed by atoms with E-state index in [-0.39, 0.29) is 12.3 Å². The SMILES string of the molecule is CCOC(=O)c1nn(-c2cccc(F)c2)cc(CC)c1=O. The molecule has 1 heterocycles. The van der Waals surface area contributed by atoms with E-state index in [1.54, 1.807) is 19.9 Å². The van der Waals surface area contributed by atoms with Crippen molar-refractivity contribution in [2.45, 2.75) is 20.3 Å². The third kappa shape index (κ3) is 3.16. The zero-order chi connectivity index (χ0) is 15.4. The van der Waals surface area contributed by atoms with Gasteiger partial charge in [0.1, 0.15) is 5.82 Å². The Labute approximate surface area is 121 Å². The summed E-state index contributed by atoms with van der Waals surface area (Å²) in [6.45, 7) is 3.59. The summed E-state index contributed by atoms with van der Waals surface area (Å²) >= 11 is 0. The van der Waals surface area contributed by atoms with Crippen LogP contribution in [0.25, 0.3) is 5.69 Å². The van der Waals surface area contributed by atoms with Crippen molar-refractivity contribution in [1.82, 2.24) is 9.78 Å². The summed E-state index contributed by atoms with van der Waals surface area (Å²) in [5.74, 6) is -1.20. The molecule has 2 aromatic rings. The van der Waals surface area contributed by atoms with Gasteiger partial charge in [-0.1, -0.05) is 13.0 Å². The molecule has 0 saturated carbocycles. The van der Waals surface area contributed by atoms with Gasteiger partial charge in [-0.2, -0.15) is 5.10 Å². The molecule has 0 fully saturated rings. The van der Waals surface area contributed by atoms with Gasteiger partial charge in [0.05, 0.1) is 12.3 Å². The number of nitrogens with zero attached hydrogens (tertiary/aromatic N) is 2. The van der Waals surface area contributed by atoms with Crippen LogP contribution in [0, 0.1) is 5.82 Å². The van der Waals surface area contributed by atoms with Crippen molar-refractivity contribution in [3.05, 3.63) is 57.8 Å². The smallest absolute Gasteiger partial charge is 0.362 e. The minimum atomic E-state index is -0.775. The average Bonchev–Trinajstić information content (AvgIpc) is 2.47. The van der Waals surface area contributed by atoms with Crippen molar-refractivity contribution in [2.24, 2.45) is 0 Å². The molecule has 21 heavy (non-hydrogen) atoms. The number of carbonyl (C=O) groups excluding carboxylic acids is 1. The lowest BCUT2D eigenvalue weighted by atomic mass is 10.2. The minimum absolute atomic E-state index is 0.149. The van der Waals surface area contributed by atoms with E-state index in [0.29, 0.717) is 17.7 Å². The molecule has 1 aromatic heterocycles. The number of halogens is 1. The van der Waals surface area contributed by atoms with Gasteiger partial charge in [0.2, 0.25) is 11.1 Å². The van der Waals surface area contributed by atoms with Gasteiger partial charge in [-0.3, -0.25) is 4.79 Å². The van der Waals surface area contributed by atoms with E-state index >= 15 is 0 Å². The van der Waals surface area contributed by atoms with Crippen molar-refractivity contribution in [1.29, 1.82) is 0 Å². The second-order valence-corrected chi connectivity index (χ2v) is 4.33. The Bertz CT molecular complexity index is 725. The molecule has 0 unspecified atom stereocenters. The fourth-order valence-electron chi connectivity index (χ4n) is 1.88. The van der Waals surface area contributed by atoms with Gasteiger partial charge < -0.3 is 4.74 Å². The van der Waals surface area contributed by atoms with Gasteiger partial charge in [-0.05, 0) is 31.5 Å². The standard InChI is InChI=1S/C15H15FN2O3/c1-3-10-9-18(12-7-5-6-11(16)8-12)17-13(14(10)19)15(20)21-4-2/h5-9H,3-4H2,1-2H3. The van der Waals surface area contributed by atoms with Crippen molar-refractivity contribution >= 4 is 5.97 Å². The highest BCUT2D eigenvalue weighted by Gasteiger charge is 2.17. The number of carbonyl (C=O) groups is 1. The van der Waals surface area contributed by atoms with Gasteiger partial charge in [0, 0.05) is 11.8 Å². The highest BCUT2D eigenvalue weighted by Crippen LogP contribution is 2.09. The Balaban J connectivity index is 2.60. The van der Waals surface area contributed by atoms with Gasteiger partial charge in [0.15, 0.2) is 0 Å². The number of hydrogen-bond donors (Lipinski definition) is 0. The first-order chi connectivity index (χ1) is 10.1. The number of hydrogen-bond acceptors (Lipinski definition) is 4. The molecule has 0 N–H and O–H groups in total. The lowest BCUT2D eigenvalue weighted by Gasteiger charge is -2.09. The monoisotopic (exact) mass is 290 g/mol. The molecule has 0 saturated heterocycles. The van der Waals surface area contributed by atoms with E-state index < -0.39 is 17.2 Å². The highest BCUT2D eigenvalue weighted by molar-refractivity contribution is 5.87. The fourth-order valence-corrected chi connectivity index (χ4v) is 1.88. The van der Waals surface area contributed by atoms with Gasteiger partial charge in [-0.15, -0.1) is 0 Å². The Morgan fingerprint density at radius 2 is 2.14 bits per heavy atom. The van der Waals surface area contributed by atoms with Crippen LogP contribution in [0.3, 0.4) is 0 Å². The number of aromatic nitrogens is 2. The van der Waals surface area contributed by atoms with Crippen LogP contribution in [0.1, 0.15) is 29.9 Å². The van der Waals surface area contributed by atoms with Crippen molar-refractivity contribution < 1.29 is 13.9 Å². The lowest BCUT2D eigenvalue weighted by Crippen LogP contribution is -2.26. The average molecular weight is 290 g/mol. The summed E-state index contributed by atoms with van der Waals surface area (Å²) in [4.78, 5) is 23.9. The molecule has 0 atom stereocenters. The largest absolute Gasteiger partial charge is 0.461 e. The third-order valence-corrected chi connectivity index (χ3v) is 2.92. The Kier molecular flexibility index (Phi) is 4.47. The predicted octanol–water partition coefficient (Wildman–Crippen LogP) is 2.11. The fraction of sp³-hybridized carbons (Fsp3) is 0.267. The van der Waals surface area contributed by atoms with E-state index in [1.165, 1.54) is 29.1 Å². The second kappa shape index (κ2) is 6.30. The molecular weight excluding hydrogens is 275 g/mol. The van der Waals surface area contributed by atoms with Gasteiger partial charge in [-0.25, -0.2) is 13.9 Å². The molecule has 5 nitrogen and oxygen atoms in total. The maximum Gasteiger partial charge on any atom is 0.362 e. The quantitative estimate of drug-likeness (QED) is 0.809. The molecular formula is C15H15FN2O3. The van der Waals surface area contributed by atoms with Crippen molar-refractivity contribution in [2.75, 3.05) is 6.61 Å². The Morgan fingerprint density at radius 1 is 1.38 bits per heavy atom. The van der Waals surface area contributed by atoms with E-state index in [4.69, 9.17) is 4.74 Å². The first kappa shape index (κ1) is 14.9. The van der Waals surface area contributed by atoms with Crippen LogP contribution >= 0.6 is 0 Å². The van der Waals surface area contributed by atoms with Gasteiger partial charge in [0.25, 0.3) is 0 Å². The molecule has 0 aliphatic carbocycles. The molecule has 0 aliphatic heterocycles. The predicted molar refractivity (Wildman–Crippen MR) is 75.1 cm³/mol. The third-order valence-electron chi connectivity index (χ3n) is 2.92. The van der Waals surface area contributed by atoms with Crippen LogP contribution in [-0.4, -0.2) is 22.4 Å². The first-order valence-electron chi connectivity index (χ1n) is 6.62. The molecule has 0 radical (unpaired) electrons. The summed E-state index contributed by atoms with van der Waals surface area (Å²) in [7, 11) is 0. The normalized spacial score (nSPS) is 10.4. The van der Waals surface area contributed by atoms with Crippen LogP contribution in [0.4, 0.5) is 4.39 Å². The van der Waals surface area contributed by atoms with Crippen molar-refractivity contribution in [3.63, 3.8) is 0 Å². The molecule has 110 valence electrons. The lowest BCUT2D eigenvalue weighted by molar-refractivity contribution is 0.0515. The molecule has 0 spiro atoms. The molecule has 1 aromatic carbocycles. The maximum atomic E-state index is 13.3. The second-order valence-electron chi connectivity index (χ2n) is 4.33. The van der Waals surface area contributed by atoms with E-state index in [0.717, 1.165) is 0 Å². The summed E-state index contributed by atoms with van der Waals surface area (Å²) in [6.07, 6.45) is 1.93. The van der Waals surface area contributed by atoms with Crippen LogP contribution < -0.4 is 5.43 Å². The Morgan fingerprint density at radius 3 is 2.76 bits per heavy atom. The maximum absolute atomic E-state index is 13.3. The number of aryl methyl sites for hydroxylation is 1. The Hall–Kier alpha value is -2.50. The topological polar surface area (TPSA) is 61.2 Å². The van der Waals surface area contributed by atoms with E-state index in [9.17, 15) is 14.0 Å². The number of ether oxygens (including phenoxy) is 1. The van der Waals surface area contributed by atoms with Crippen LogP contribution in [-0.2, 0) is 11.2 Å². The summed E-state index contributed by atoms with van der Waals surface area (Å²) < 4.78 is 19.4. The zero-order valence-corrected chi connectivity index (χ0v) is 11.8.